The Morgan fingerprint density at radius 2 is 1.39 bits per heavy atom. The second-order valence-electron chi connectivity index (χ2n) is 10.1. The van der Waals surface area contributed by atoms with Crippen molar-refractivity contribution in [3.63, 3.8) is 0 Å². The van der Waals surface area contributed by atoms with Crippen molar-refractivity contribution in [1.29, 1.82) is 0 Å². The minimum Gasteiger partial charge on any atom is -0.474 e. The van der Waals surface area contributed by atoms with Crippen LogP contribution >= 0.6 is 11.6 Å². The van der Waals surface area contributed by atoms with Gasteiger partial charge >= 0.3 is 11.9 Å². The first-order chi connectivity index (χ1) is 18.3. The van der Waals surface area contributed by atoms with Crippen LogP contribution in [0.3, 0.4) is 0 Å². The molecule has 0 aliphatic rings. The van der Waals surface area contributed by atoms with Gasteiger partial charge in [-0.05, 0) is 47.7 Å². The van der Waals surface area contributed by atoms with E-state index in [1.165, 1.54) is 56.3 Å². The zero-order valence-electron chi connectivity index (χ0n) is 22.9. The first-order valence-electron chi connectivity index (χ1n) is 14.0. The number of carboxylic acids is 1. The van der Waals surface area contributed by atoms with Crippen molar-refractivity contribution in [2.24, 2.45) is 0 Å². The maximum Gasteiger partial charge on any atom is 0.394 e. The van der Waals surface area contributed by atoms with E-state index >= 15 is 0 Å². The van der Waals surface area contributed by atoms with Gasteiger partial charge in [-0.25, -0.2) is 4.79 Å². The molecule has 0 aliphatic carbocycles. The van der Waals surface area contributed by atoms with Gasteiger partial charge in [0, 0.05) is 30.2 Å². The summed E-state index contributed by atoms with van der Waals surface area (Å²) in [6, 6.07) is 14.3. The lowest BCUT2D eigenvalue weighted by atomic mass is 10.00. The summed E-state index contributed by atoms with van der Waals surface area (Å²) in [5.74, 6) is -2.64. The Balaban J connectivity index is 1.78. The minimum absolute atomic E-state index is 0.0774. The maximum atomic E-state index is 12.5. The van der Waals surface area contributed by atoms with Crippen LogP contribution in [-0.2, 0) is 16.1 Å². The molecule has 2 rings (SSSR count). The predicted molar refractivity (Wildman–Crippen MR) is 154 cm³/mol. The van der Waals surface area contributed by atoms with E-state index in [1.54, 1.807) is 36.4 Å². The number of nitrogens with one attached hydrogen (secondary N) is 1. The highest BCUT2D eigenvalue weighted by Gasteiger charge is 2.23. The van der Waals surface area contributed by atoms with Crippen molar-refractivity contribution >= 4 is 29.4 Å². The van der Waals surface area contributed by atoms with Gasteiger partial charge in [0.05, 0.1) is 0 Å². The highest BCUT2D eigenvalue weighted by atomic mass is 35.5. The van der Waals surface area contributed by atoms with E-state index in [4.69, 9.17) is 11.6 Å². The zero-order chi connectivity index (χ0) is 27.8. The van der Waals surface area contributed by atoms with Gasteiger partial charge in [0.1, 0.15) is 0 Å². The molecule has 0 saturated heterocycles. The summed E-state index contributed by atoms with van der Waals surface area (Å²) in [6.45, 7) is 5.22. The van der Waals surface area contributed by atoms with E-state index in [2.05, 4.69) is 12.2 Å². The molecule has 2 N–H and O–H groups in total. The fourth-order valence-electron chi connectivity index (χ4n) is 4.48. The van der Waals surface area contributed by atoms with Crippen molar-refractivity contribution in [2.45, 2.75) is 90.5 Å². The van der Waals surface area contributed by atoms with E-state index in [0.717, 1.165) is 24.0 Å². The van der Waals surface area contributed by atoms with Crippen LogP contribution < -0.4 is 5.32 Å². The number of carboxylic acid groups (broad SMARTS) is 1. The molecule has 0 spiro atoms. The van der Waals surface area contributed by atoms with E-state index in [-0.39, 0.29) is 24.9 Å². The van der Waals surface area contributed by atoms with Crippen molar-refractivity contribution < 1.29 is 19.5 Å². The third-order valence-corrected chi connectivity index (χ3v) is 7.06. The van der Waals surface area contributed by atoms with Crippen LogP contribution in [0.15, 0.2) is 48.5 Å². The number of hydrogen-bond donors (Lipinski definition) is 2. The standard InChI is InChI=1S/C31H43ClN2O4/c1-3-4-5-6-7-8-9-10-11-12-21-33-29(35)27-15-13-25(14-16-27)23-34(30(36)31(37)38)22-24(2)26-17-19-28(32)20-18-26/h13-20,24H,3-12,21-23H2,1-2H3,(H,33,35)(H,37,38). The van der Waals surface area contributed by atoms with Crippen LogP contribution in [0.4, 0.5) is 0 Å². The topological polar surface area (TPSA) is 86.7 Å². The number of unbranched alkanes of at least 4 members (excludes halogenated alkanes) is 9. The SMILES string of the molecule is CCCCCCCCCCCCNC(=O)c1ccc(CN(CC(C)c2ccc(Cl)cc2)C(=O)C(=O)O)cc1. The molecule has 0 saturated carbocycles. The zero-order valence-corrected chi connectivity index (χ0v) is 23.6. The van der Waals surface area contributed by atoms with E-state index < -0.39 is 11.9 Å². The normalized spacial score (nSPS) is 11.7. The van der Waals surface area contributed by atoms with Gasteiger partial charge in [-0.1, -0.05) is 108 Å². The third kappa shape index (κ3) is 11.7. The Kier molecular flexibility index (Phi) is 14.5. The molecular formula is C31H43ClN2O4. The first kappa shape index (κ1) is 31.4. The summed E-state index contributed by atoms with van der Waals surface area (Å²) >= 11 is 5.96. The van der Waals surface area contributed by atoms with Gasteiger partial charge in [-0.2, -0.15) is 0 Å². The second-order valence-corrected chi connectivity index (χ2v) is 10.5. The fraction of sp³-hybridized carbons (Fsp3) is 0.516. The smallest absolute Gasteiger partial charge is 0.394 e. The summed E-state index contributed by atoms with van der Waals surface area (Å²) in [5.41, 5.74) is 2.27. The molecule has 2 amide bonds. The summed E-state index contributed by atoms with van der Waals surface area (Å²) < 4.78 is 0. The molecule has 38 heavy (non-hydrogen) atoms. The largest absolute Gasteiger partial charge is 0.474 e. The van der Waals surface area contributed by atoms with Gasteiger partial charge in [0.15, 0.2) is 0 Å². The van der Waals surface area contributed by atoms with Crippen LogP contribution in [0, 0.1) is 0 Å². The summed E-state index contributed by atoms with van der Waals surface area (Å²) in [5, 5.41) is 12.9. The van der Waals surface area contributed by atoms with Crippen LogP contribution in [-0.4, -0.2) is 40.9 Å². The molecule has 0 heterocycles. The van der Waals surface area contributed by atoms with E-state index in [0.29, 0.717) is 17.1 Å². The molecule has 2 aromatic carbocycles. The molecule has 0 radical (unpaired) electrons. The number of amides is 2. The van der Waals surface area contributed by atoms with Gasteiger partial charge in [-0.3, -0.25) is 9.59 Å². The Morgan fingerprint density at radius 1 is 0.842 bits per heavy atom. The van der Waals surface area contributed by atoms with Crippen molar-refractivity contribution in [1.82, 2.24) is 10.2 Å². The summed E-state index contributed by atoms with van der Waals surface area (Å²) in [6.07, 6.45) is 12.5. The molecule has 0 aliphatic heterocycles. The number of halogens is 1. The van der Waals surface area contributed by atoms with Crippen LogP contribution in [0.2, 0.25) is 5.02 Å². The van der Waals surface area contributed by atoms with Gasteiger partial charge in [-0.15, -0.1) is 0 Å². The van der Waals surface area contributed by atoms with E-state index in [9.17, 15) is 19.5 Å². The lowest BCUT2D eigenvalue weighted by molar-refractivity contribution is -0.156. The number of aliphatic carboxylic acids is 1. The average Bonchev–Trinajstić information content (AvgIpc) is 2.91. The van der Waals surface area contributed by atoms with Crippen LogP contribution in [0.1, 0.15) is 105 Å². The van der Waals surface area contributed by atoms with Crippen LogP contribution in [0.25, 0.3) is 0 Å². The number of benzene rings is 2. The third-order valence-electron chi connectivity index (χ3n) is 6.81. The molecule has 0 fully saturated rings. The maximum absolute atomic E-state index is 12.5. The van der Waals surface area contributed by atoms with E-state index in [1.807, 2.05) is 19.1 Å². The number of nitrogens with zero attached hydrogens (tertiary/aromatic N) is 1. The lowest BCUT2D eigenvalue weighted by Crippen LogP contribution is -2.38. The minimum atomic E-state index is -1.49. The van der Waals surface area contributed by atoms with Crippen molar-refractivity contribution in [3.8, 4) is 0 Å². The van der Waals surface area contributed by atoms with Crippen molar-refractivity contribution in [3.05, 3.63) is 70.2 Å². The van der Waals surface area contributed by atoms with Crippen molar-refractivity contribution in [2.75, 3.05) is 13.1 Å². The average molecular weight is 543 g/mol. The summed E-state index contributed by atoms with van der Waals surface area (Å²) in [7, 11) is 0. The highest BCUT2D eigenvalue weighted by Crippen LogP contribution is 2.21. The quantitative estimate of drug-likeness (QED) is 0.163. The van der Waals surface area contributed by atoms with Gasteiger partial charge in [0.2, 0.25) is 0 Å². The molecule has 6 nitrogen and oxygen atoms in total. The van der Waals surface area contributed by atoms with Gasteiger partial charge in [0.25, 0.3) is 5.91 Å². The monoisotopic (exact) mass is 542 g/mol. The molecule has 1 atom stereocenters. The number of rotatable bonds is 17. The molecule has 0 bridgehead atoms. The van der Waals surface area contributed by atoms with Crippen LogP contribution in [0.5, 0.6) is 0 Å². The number of carbonyl (C=O) groups is 3. The molecule has 208 valence electrons. The molecule has 1 unspecified atom stereocenters. The Labute approximate surface area is 232 Å². The summed E-state index contributed by atoms with van der Waals surface area (Å²) in [4.78, 5) is 37.6. The number of carbonyl (C=O) groups excluding carboxylic acids is 2. The molecule has 0 aromatic heterocycles. The molecular weight excluding hydrogens is 500 g/mol. The highest BCUT2D eigenvalue weighted by molar-refractivity contribution is 6.31. The molecule has 7 heteroatoms. The Hall–Kier alpha value is -2.86. The number of hydrogen-bond acceptors (Lipinski definition) is 3. The Bertz CT molecular complexity index is 992. The van der Waals surface area contributed by atoms with Gasteiger partial charge < -0.3 is 15.3 Å². The predicted octanol–water partition coefficient (Wildman–Crippen LogP) is 7.21. The fourth-order valence-corrected chi connectivity index (χ4v) is 4.61. The lowest BCUT2D eigenvalue weighted by Gasteiger charge is -2.25. The second kappa shape index (κ2) is 17.6. The molecule has 2 aromatic rings. The Morgan fingerprint density at radius 3 is 1.95 bits per heavy atom. The first-order valence-corrected chi connectivity index (χ1v) is 14.3.